The molecule has 0 radical (unpaired) electrons. The van der Waals surface area contributed by atoms with E-state index < -0.39 is 18.2 Å². The van der Waals surface area contributed by atoms with E-state index in [9.17, 15) is 15.0 Å². The van der Waals surface area contributed by atoms with Crippen molar-refractivity contribution in [1.82, 2.24) is 15.5 Å². The van der Waals surface area contributed by atoms with E-state index in [0.717, 1.165) is 5.56 Å². The molecule has 0 fully saturated rings. The maximum atomic E-state index is 10.8. The number of carboxylic acids is 1. The van der Waals surface area contributed by atoms with Crippen LogP contribution in [-0.2, 0) is 0 Å². The van der Waals surface area contributed by atoms with Crippen molar-refractivity contribution in [3.05, 3.63) is 41.6 Å². The van der Waals surface area contributed by atoms with Crippen molar-refractivity contribution < 1.29 is 20.1 Å². The van der Waals surface area contributed by atoms with Crippen LogP contribution in [0.2, 0.25) is 0 Å². The quantitative estimate of drug-likeness (QED) is 0.525. The first-order valence-electron chi connectivity index (χ1n) is 6.42. The van der Waals surface area contributed by atoms with Gasteiger partial charge in [0, 0.05) is 12.1 Å². The Morgan fingerprint density at radius 1 is 1.33 bits per heavy atom. The molecule has 5 N–H and O–H groups in total. The molecule has 0 aliphatic rings. The molecule has 1 aromatic carbocycles. The summed E-state index contributed by atoms with van der Waals surface area (Å²) in [5.41, 5.74) is 1.82. The fourth-order valence-electron chi connectivity index (χ4n) is 1.97. The number of benzene rings is 1. The Kier molecular flexibility index (Phi) is 4.69. The zero-order chi connectivity index (χ0) is 15.4. The van der Waals surface area contributed by atoms with Crippen molar-refractivity contribution in [3.63, 3.8) is 0 Å². The van der Waals surface area contributed by atoms with Gasteiger partial charge in [-0.05, 0) is 18.7 Å². The number of aromatic amines is 1. The monoisotopic (exact) mass is 291 g/mol. The van der Waals surface area contributed by atoms with Crippen LogP contribution in [0.15, 0.2) is 30.3 Å². The largest absolute Gasteiger partial charge is 0.477 e. The van der Waals surface area contributed by atoms with E-state index in [0.29, 0.717) is 11.3 Å². The van der Waals surface area contributed by atoms with Gasteiger partial charge in [-0.2, -0.15) is 5.10 Å². The number of nitrogens with zero attached hydrogens (tertiary/aromatic N) is 1. The number of nitrogens with one attached hydrogen (secondary N) is 2. The van der Waals surface area contributed by atoms with Crippen molar-refractivity contribution in [3.8, 4) is 11.3 Å². The first-order valence-corrected chi connectivity index (χ1v) is 6.42. The number of carboxylic acid groups (broad SMARTS) is 1. The lowest BCUT2D eigenvalue weighted by Crippen LogP contribution is -2.29. The Morgan fingerprint density at radius 3 is 2.52 bits per heavy atom. The maximum absolute atomic E-state index is 10.8. The minimum atomic E-state index is -1.07. The number of H-pyrrole nitrogens is 1. The Labute approximate surface area is 121 Å². The normalized spacial score (nSPS) is 13.9. The summed E-state index contributed by atoms with van der Waals surface area (Å²) < 4.78 is 0. The molecule has 0 bridgehead atoms. The van der Waals surface area contributed by atoms with Gasteiger partial charge in [-0.3, -0.25) is 5.10 Å². The van der Waals surface area contributed by atoms with Crippen LogP contribution in [0.5, 0.6) is 0 Å². The summed E-state index contributed by atoms with van der Waals surface area (Å²) in [5, 5.41) is 37.7. The van der Waals surface area contributed by atoms with E-state index in [1.165, 1.54) is 6.07 Å². The number of aliphatic hydroxyl groups excluding tert-OH is 2. The van der Waals surface area contributed by atoms with Gasteiger partial charge >= 0.3 is 5.97 Å². The van der Waals surface area contributed by atoms with Crippen LogP contribution in [-0.4, -0.2) is 51.2 Å². The highest BCUT2D eigenvalue weighted by Gasteiger charge is 2.17. The SMILES string of the molecule is CNCC(O)C(O)c1ccc(-c2cc(C(=O)O)[nH]n2)cc1. The van der Waals surface area contributed by atoms with E-state index in [4.69, 9.17) is 5.11 Å². The van der Waals surface area contributed by atoms with Gasteiger partial charge in [-0.1, -0.05) is 24.3 Å². The maximum Gasteiger partial charge on any atom is 0.353 e. The van der Waals surface area contributed by atoms with Gasteiger partial charge in [-0.15, -0.1) is 0 Å². The summed E-state index contributed by atoms with van der Waals surface area (Å²) in [5.74, 6) is -1.07. The second kappa shape index (κ2) is 6.49. The van der Waals surface area contributed by atoms with Crippen molar-refractivity contribution in [2.45, 2.75) is 12.2 Å². The Morgan fingerprint density at radius 2 is 2.00 bits per heavy atom. The zero-order valence-corrected chi connectivity index (χ0v) is 11.4. The summed E-state index contributed by atoms with van der Waals surface area (Å²) in [4.78, 5) is 10.8. The van der Waals surface area contributed by atoms with E-state index in [2.05, 4.69) is 15.5 Å². The highest BCUT2D eigenvalue weighted by molar-refractivity contribution is 5.86. The third-order valence-corrected chi connectivity index (χ3v) is 3.13. The Bertz CT molecular complexity index is 609. The Hall–Kier alpha value is -2.22. The summed E-state index contributed by atoms with van der Waals surface area (Å²) in [6, 6.07) is 8.21. The van der Waals surface area contributed by atoms with Gasteiger partial charge in [0.05, 0.1) is 11.8 Å². The minimum Gasteiger partial charge on any atom is -0.477 e. The van der Waals surface area contributed by atoms with Crippen LogP contribution in [0.25, 0.3) is 11.3 Å². The fraction of sp³-hybridized carbons (Fsp3) is 0.286. The topological polar surface area (TPSA) is 118 Å². The molecule has 2 rings (SSSR count). The van der Waals surface area contributed by atoms with Gasteiger partial charge in [0.1, 0.15) is 11.8 Å². The molecular weight excluding hydrogens is 274 g/mol. The number of aromatic carboxylic acids is 1. The van der Waals surface area contributed by atoms with Gasteiger partial charge in [0.15, 0.2) is 0 Å². The predicted molar refractivity (Wildman–Crippen MR) is 75.9 cm³/mol. The summed E-state index contributed by atoms with van der Waals surface area (Å²) in [7, 11) is 1.69. The molecule has 0 spiro atoms. The molecule has 2 aromatic rings. The van der Waals surface area contributed by atoms with Crippen LogP contribution in [0, 0.1) is 0 Å². The van der Waals surface area contributed by atoms with E-state index >= 15 is 0 Å². The Balaban J connectivity index is 2.16. The van der Waals surface area contributed by atoms with E-state index in [1.54, 1.807) is 31.3 Å². The molecule has 112 valence electrons. The number of aromatic nitrogens is 2. The van der Waals surface area contributed by atoms with Crippen LogP contribution < -0.4 is 5.32 Å². The molecule has 0 saturated heterocycles. The molecule has 0 aliphatic heterocycles. The average molecular weight is 291 g/mol. The van der Waals surface area contributed by atoms with Gasteiger partial charge < -0.3 is 20.6 Å². The molecule has 1 heterocycles. The lowest BCUT2D eigenvalue weighted by Gasteiger charge is -2.17. The summed E-state index contributed by atoms with van der Waals surface area (Å²) >= 11 is 0. The zero-order valence-electron chi connectivity index (χ0n) is 11.4. The third-order valence-electron chi connectivity index (χ3n) is 3.13. The highest BCUT2D eigenvalue weighted by Crippen LogP contribution is 2.22. The highest BCUT2D eigenvalue weighted by atomic mass is 16.4. The van der Waals surface area contributed by atoms with Gasteiger partial charge in [-0.25, -0.2) is 4.79 Å². The summed E-state index contributed by atoms with van der Waals surface area (Å²) in [6.45, 7) is 0.282. The molecule has 7 heteroatoms. The van der Waals surface area contributed by atoms with Crippen molar-refractivity contribution in [1.29, 1.82) is 0 Å². The second-order valence-corrected chi connectivity index (χ2v) is 4.66. The molecule has 21 heavy (non-hydrogen) atoms. The lowest BCUT2D eigenvalue weighted by molar-refractivity contribution is 0.0202. The van der Waals surface area contributed by atoms with Crippen LogP contribution in [0.3, 0.4) is 0 Å². The first kappa shape index (κ1) is 15.2. The van der Waals surface area contributed by atoms with Crippen LogP contribution >= 0.6 is 0 Å². The fourth-order valence-corrected chi connectivity index (χ4v) is 1.97. The smallest absolute Gasteiger partial charge is 0.353 e. The predicted octanol–water partition coefficient (Wildman–Crippen LogP) is 0.389. The molecule has 7 nitrogen and oxygen atoms in total. The molecule has 2 unspecified atom stereocenters. The first-order chi connectivity index (χ1) is 10.0. The van der Waals surface area contributed by atoms with Crippen molar-refractivity contribution in [2.75, 3.05) is 13.6 Å². The van der Waals surface area contributed by atoms with Crippen LogP contribution in [0.4, 0.5) is 0 Å². The standard InChI is InChI=1S/C14H17N3O4/c1-15-7-12(18)13(19)9-4-2-8(3-5-9)10-6-11(14(20)21)17-16-10/h2-6,12-13,15,18-19H,7H2,1H3,(H,16,17)(H,20,21). The number of likely N-dealkylation sites (N-methyl/N-ethyl adjacent to an activating group) is 1. The van der Waals surface area contributed by atoms with Crippen molar-refractivity contribution >= 4 is 5.97 Å². The van der Waals surface area contributed by atoms with Crippen molar-refractivity contribution in [2.24, 2.45) is 0 Å². The van der Waals surface area contributed by atoms with E-state index in [-0.39, 0.29) is 12.2 Å². The van der Waals surface area contributed by atoms with E-state index in [1.807, 2.05) is 0 Å². The minimum absolute atomic E-state index is 0.0125. The molecule has 2 atom stereocenters. The lowest BCUT2D eigenvalue weighted by atomic mass is 10.0. The van der Waals surface area contributed by atoms with Gasteiger partial charge in [0.25, 0.3) is 0 Å². The number of hydrogen-bond donors (Lipinski definition) is 5. The number of carbonyl (C=O) groups is 1. The number of rotatable bonds is 6. The second-order valence-electron chi connectivity index (χ2n) is 4.66. The third kappa shape index (κ3) is 3.46. The number of aliphatic hydroxyl groups is 2. The summed E-state index contributed by atoms with van der Waals surface area (Å²) in [6.07, 6.45) is -1.88. The molecule has 0 amide bonds. The number of hydrogen-bond acceptors (Lipinski definition) is 5. The van der Waals surface area contributed by atoms with Crippen LogP contribution in [0.1, 0.15) is 22.2 Å². The molecule has 1 aromatic heterocycles. The average Bonchev–Trinajstić information content (AvgIpc) is 2.97. The molecule has 0 aliphatic carbocycles. The van der Waals surface area contributed by atoms with Gasteiger partial charge in [0.2, 0.25) is 0 Å². The molecular formula is C14H17N3O4. The molecule has 0 saturated carbocycles.